The molecule has 0 spiro atoms. The van der Waals surface area contributed by atoms with E-state index in [1.165, 1.54) is 17.3 Å². The molecule has 6 heteroatoms. The highest BCUT2D eigenvalue weighted by Crippen LogP contribution is 2.34. The molecule has 0 bridgehead atoms. The summed E-state index contributed by atoms with van der Waals surface area (Å²) in [4.78, 5) is 8.74. The van der Waals surface area contributed by atoms with Crippen molar-refractivity contribution < 1.29 is 8.81 Å². The van der Waals surface area contributed by atoms with Crippen LogP contribution in [0.15, 0.2) is 40.8 Å². The van der Waals surface area contributed by atoms with Gasteiger partial charge >= 0.3 is 0 Å². The molecule has 0 saturated heterocycles. The van der Waals surface area contributed by atoms with Gasteiger partial charge in [-0.15, -0.1) is 0 Å². The largest absolute Gasteiger partial charge is 0.423 e. The van der Waals surface area contributed by atoms with E-state index in [9.17, 15) is 4.39 Å². The lowest BCUT2D eigenvalue weighted by Gasteiger charge is -2.29. The second-order valence-corrected chi connectivity index (χ2v) is 7.36. The van der Waals surface area contributed by atoms with Gasteiger partial charge in [-0.3, -0.25) is 0 Å². The van der Waals surface area contributed by atoms with Gasteiger partial charge in [0.15, 0.2) is 5.58 Å². The van der Waals surface area contributed by atoms with Crippen LogP contribution in [-0.4, -0.2) is 30.2 Å². The number of nitrogens with zero attached hydrogens (tertiary/aromatic N) is 4. The molecular weight excluding hydrogens is 343 g/mol. The number of benzene rings is 2. The van der Waals surface area contributed by atoms with Crippen LogP contribution in [0, 0.1) is 5.82 Å². The molecule has 5 nitrogen and oxygen atoms in total. The van der Waals surface area contributed by atoms with Crippen LogP contribution in [0.1, 0.15) is 11.3 Å². The number of oxazole rings is 1. The molecule has 0 radical (unpaired) electrons. The van der Waals surface area contributed by atoms with Gasteiger partial charge in [-0.2, -0.15) is 4.98 Å². The molecule has 1 aliphatic rings. The molecule has 1 aliphatic heterocycles. The standard InChI is InChI=1S/C21H21FN4O/c1-24(2)21-23-17-11-14(5-7-20(17)27-21)26-9-8-19-16(12-26)15-10-13(22)4-6-18(15)25(19)3/h4-7,10-11H,8-9,12H2,1-3H3. The molecule has 0 amide bonds. The Kier molecular flexibility index (Phi) is 3.44. The Labute approximate surface area is 156 Å². The summed E-state index contributed by atoms with van der Waals surface area (Å²) >= 11 is 0. The Hall–Kier alpha value is -3.02. The SMILES string of the molecule is CN(C)c1nc2cc(N3CCc4c(c5cc(F)ccc5n4C)C3)ccc2o1. The van der Waals surface area contributed by atoms with E-state index in [-0.39, 0.29) is 5.82 Å². The Morgan fingerprint density at radius 2 is 2.00 bits per heavy atom. The van der Waals surface area contributed by atoms with Crippen molar-refractivity contribution in [3.05, 3.63) is 53.5 Å². The van der Waals surface area contributed by atoms with Gasteiger partial charge in [0.25, 0.3) is 6.01 Å². The zero-order valence-corrected chi connectivity index (χ0v) is 15.7. The molecule has 138 valence electrons. The topological polar surface area (TPSA) is 37.4 Å². The smallest absolute Gasteiger partial charge is 0.297 e. The maximum absolute atomic E-state index is 13.8. The maximum atomic E-state index is 13.8. The third kappa shape index (κ3) is 2.47. The fourth-order valence-electron chi connectivity index (χ4n) is 4.06. The number of hydrogen-bond donors (Lipinski definition) is 0. The van der Waals surface area contributed by atoms with Gasteiger partial charge in [0.1, 0.15) is 11.3 Å². The average molecular weight is 364 g/mol. The second kappa shape index (κ2) is 5.74. The second-order valence-electron chi connectivity index (χ2n) is 7.36. The first-order valence-corrected chi connectivity index (χ1v) is 9.10. The van der Waals surface area contributed by atoms with E-state index in [1.54, 1.807) is 6.07 Å². The normalized spacial score (nSPS) is 14.1. The van der Waals surface area contributed by atoms with Gasteiger partial charge in [-0.1, -0.05) is 0 Å². The van der Waals surface area contributed by atoms with E-state index in [2.05, 4.69) is 33.6 Å². The van der Waals surface area contributed by atoms with E-state index in [1.807, 2.05) is 31.1 Å². The molecule has 0 aliphatic carbocycles. The van der Waals surface area contributed by atoms with Crippen LogP contribution in [-0.2, 0) is 20.0 Å². The van der Waals surface area contributed by atoms with Gasteiger partial charge in [0, 0.05) is 68.5 Å². The summed E-state index contributed by atoms with van der Waals surface area (Å²) in [5, 5.41) is 1.01. The summed E-state index contributed by atoms with van der Waals surface area (Å²) in [7, 11) is 5.90. The summed E-state index contributed by atoms with van der Waals surface area (Å²) < 4.78 is 21.8. The summed E-state index contributed by atoms with van der Waals surface area (Å²) in [5.74, 6) is -0.187. The van der Waals surface area contributed by atoms with Crippen molar-refractivity contribution in [2.24, 2.45) is 7.05 Å². The van der Waals surface area contributed by atoms with Crippen molar-refractivity contribution in [1.82, 2.24) is 9.55 Å². The number of rotatable bonds is 2. The van der Waals surface area contributed by atoms with Gasteiger partial charge < -0.3 is 18.8 Å². The molecule has 0 unspecified atom stereocenters. The van der Waals surface area contributed by atoms with E-state index >= 15 is 0 Å². The van der Waals surface area contributed by atoms with Crippen molar-refractivity contribution in [3.8, 4) is 0 Å². The van der Waals surface area contributed by atoms with Crippen LogP contribution in [0.25, 0.3) is 22.0 Å². The Balaban J connectivity index is 1.55. The van der Waals surface area contributed by atoms with Crippen LogP contribution < -0.4 is 9.80 Å². The predicted octanol–water partition coefficient (Wildman–Crippen LogP) is 4.09. The molecule has 0 fully saturated rings. The molecule has 0 N–H and O–H groups in total. The third-order valence-electron chi connectivity index (χ3n) is 5.47. The summed E-state index contributed by atoms with van der Waals surface area (Å²) in [6.07, 6.45) is 0.932. The van der Waals surface area contributed by atoms with Crippen molar-refractivity contribution >= 4 is 33.7 Å². The molecule has 2 aromatic heterocycles. The number of halogens is 1. The third-order valence-corrected chi connectivity index (χ3v) is 5.47. The van der Waals surface area contributed by atoms with Gasteiger partial charge in [-0.25, -0.2) is 4.39 Å². The van der Waals surface area contributed by atoms with E-state index in [0.717, 1.165) is 47.2 Å². The number of anilines is 2. The van der Waals surface area contributed by atoms with Crippen LogP contribution in [0.3, 0.4) is 0 Å². The molecule has 5 rings (SSSR count). The molecule has 0 saturated carbocycles. The van der Waals surface area contributed by atoms with Crippen molar-refractivity contribution in [2.75, 3.05) is 30.4 Å². The number of aryl methyl sites for hydroxylation is 1. The summed E-state index contributed by atoms with van der Waals surface area (Å²) in [5.41, 5.74) is 6.35. The predicted molar refractivity (Wildman–Crippen MR) is 106 cm³/mol. The lowest BCUT2D eigenvalue weighted by Crippen LogP contribution is -2.30. The molecule has 3 heterocycles. The van der Waals surface area contributed by atoms with E-state index in [4.69, 9.17) is 4.42 Å². The highest BCUT2D eigenvalue weighted by atomic mass is 19.1. The summed E-state index contributed by atoms with van der Waals surface area (Å²) in [6, 6.07) is 11.8. The minimum absolute atomic E-state index is 0.187. The average Bonchev–Trinajstić information content (AvgIpc) is 3.21. The van der Waals surface area contributed by atoms with Crippen LogP contribution in [0.4, 0.5) is 16.1 Å². The first-order chi connectivity index (χ1) is 13.0. The Morgan fingerprint density at radius 1 is 1.15 bits per heavy atom. The molecule has 2 aromatic carbocycles. The highest BCUT2D eigenvalue weighted by Gasteiger charge is 2.24. The summed E-state index contributed by atoms with van der Waals surface area (Å²) in [6.45, 7) is 1.68. The number of hydrogen-bond acceptors (Lipinski definition) is 4. The first-order valence-electron chi connectivity index (χ1n) is 9.10. The van der Waals surface area contributed by atoms with Crippen molar-refractivity contribution in [1.29, 1.82) is 0 Å². The van der Waals surface area contributed by atoms with Gasteiger partial charge in [0.05, 0.1) is 0 Å². The minimum Gasteiger partial charge on any atom is -0.423 e. The lowest BCUT2D eigenvalue weighted by molar-refractivity contribution is 0.596. The van der Waals surface area contributed by atoms with Crippen molar-refractivity contribution in [3.63, 3.8) is 0 Å². The van der Waals surface area contributed by atoms with Crippen molar-refractivity contribution in [2.45, 2.75) is 13.0 Å². The van der Waals surface area contributed by atoms with E-state index in [0.29, 0.717) is 6.01 Å². The first kappa shape index (κ1) is 16.2. The molecule has 4 aromatic rings. The number of aromatic nitrogens is 2. The molecule has 27 heavy (non-hydrogen) atoms. The van der Waals surface area contributed by atoms with Crippen LogP contribution in [0.2, 0.25) is 0 Å². The zero-order valence-electron chi connectivity index (χ0n) is 15.7. The fourth-order valence-corrected chi connectivity index (χ4v) is 4.06. The zero-order chi connectivity index (χ0) is 18.7. The quantitative estimate of drug-likeness (QED) is 0.537. The van der Waals surface area contributed by atoms with Gasteiger partial charge in [0.2, 0.25) is 0 Å². The monoisotopic (exact) mass is 364 g/mol. The number of fused-ring (bicyclic) bond motifs is 4. The van der Waals surface area contributed by atoms with Crippen LogP contribution >= 0.6 is 0 Å². The minimum atomic E-state index is -0.187. The Bertz CT molecular complexity index is 1170. The van der Waals surface area contributed by atoms with E-state index < -0.39 is 0 Å². The lowest BCUT2D eigenvalue weighted by atomic mass is 10.0. The molecular formula is C21H21FN4O. The highest BCUT2D eigenvalue weighted by molar-refractivity contribution is 5.87. The Morgan fingerprint density at radius 3 is 2.81 bits per heavy atom. The van der Waals surface area contributed by atoms with Gasteiger partial charge in [-0.05, 0) is 36.4 Å². The molecule has 0 atom stereocenters. The fraction of sp³-hybridized carbons (Fsp3) is 0.286. The van der Waals surface area contributed by atoms with Crippen LogP contribution in [0.5, 0.6) is 0 Å². The maximum Gasteiger partial charge on any atom is 0.297 e.